The Morgan fingerprint density at radius 3 is 2.92 bits per heavy atom. The van der Waals surface area contributed by atoms with E-state index in [1.807, 2.05) is 51.5 Å². The number of hydrogen-bond donors (Lipinski definition) is 1. The van der Waals surface area contributed by atoms with Gasteiger partial charge in [-0.2, -0.15) is 5.10 Å². The van der Waals surface area contributed by atoms with E-state index in [2.05, 4.69) is 11.2 Å². The van der Waals surface area contributed by atoms with Crippen LogP contribution in [0.1, 0.15) is 23.9 Å². The molecule has 0 bridgehead atoms. The number of aliphatic hydroxyl groups excluding tert-OH is 1. The van der Waals surface area contributed by atoms with Crippen molar-refractivity contribution >= 4 is 16.8 Å². The van der Waals surface area contributed by atoms with Crippen LogP contribution in [0.15, 0.2) is 36.5 Å². The van der Waals surface area contributed by atoms with E-state index in [1.54, 1.807) is 0 Å². The summed E-state index contributed by atoms with van der Waals surface area (Å²) in [5, 5.41) is 15.2. The molecule has 0 aliphatic carbocycles. The number of aliphatic hydroxyl groups is 1. The zero-order chi connectivity index (χ0) is 17.4. The summed E-state index contributed by atoms with van der Waals surface area (Å²) in [6, 6.07) is 10.1. The van der Waals surface area contributed by atoms with Crippen LogP contribution in [-0.2, 0) is 37.5 Å². The van der Waals surface area contributed by atoms with Crippen LogP contribution in [0.4, 0.5) is 0 Å². The Labute approximate surface area is 146 Å². The van der Waals surface area contributed by atoms with Gasteiger partial charge in [-0.15, -0.1) is 0 Å². The van der Waals surface area contributed by atoms with Crippen molar-refractivity contribution in [3.8, 4) is 0 Å². The summed E-state index contributed by atoms with van der Waals surface area (Å²) in [5.41, 5.74) is 3.94. The molecule has 1 amide bonds. The number of aryl methyl sites for hydroxylation is 1. The fourth-order valence-electron chi connectivity index (χ4n) is 3.69. The van der Waals surface area contributed by atoms with Gasteiger partial charge in [0.1, 0.15) is 6.54 Å². The van der Waals surface area contributed by atoms with Crippen LogP contribution in [0.25, 0.3) is 10.9 Å². The van der Waals surface area contributed by atoms with Crippen molar-refractivity contribution in [1.82, 2.24) is 19.2 Å². The molecule has 0 unspecified atom stereocenters. The zero-order valence-electron chi connectivity index (χ0n) is 14.4. The van der Waals surface area contributed by atoms with Gasteiger partial charge in [0, 0.05) is 49.0 Å². The molecule has 0 saturated carbocycles. The molecule has 25 heavy (non-hydrogen) atoms. The molecule has 0 fully saturated rings. The summed E-state index contributed by atoms with van der Waals surface area (Å²) in [6.07, 6.45) is 2.75. The van der Waals surface area contributed by atoms with Crippen molar-refractivity contribution in [1.29, 1.82) is 0 Å². The number of fused-ring (bicyclic) bond motifs is 2. The number of benzene rings is 1. The molecule has 1 aromatic carbocycles. The molecule has 0 atom stereocenters. The average molecular weight is 338 g/mol. The third-order valence-electron chi connectivity index (χ3n) is 5.01. The molecule has 2 aromatic heterocycles. The first-order chi connectivity index (χ1) is 12.2. The topological polar surface area (TPSA) is 63.3 Å². The summed E-state index contributed by atoms with van der Waals surface area (Å²) < 4.78 is 3.94. The monoisotopic (exact) mass is 338 g/mol. The van der Waals surface area contributed by atoms with Crippen molar-refractivity contribution < 1.29 is 9.90 Å². The van der Waals surface area contributed by atoms with Crippen LogP contribution in [0, 0.1) is 0 Å². The maximum atomic E-state index is 12.8. The second-order valence-corrected chi connectivity index (χ2v) is 6.41. The number of nitrogens with zero attached hydrogens (tertiary/aromatic N) is 4. The van der Waals surface area contributed by atoms with E-state index in [0.29, 0.717) is 25.3 Å². The number of rotatable bonds is 4. The fraction of sp³-hybridized carbons (Fsp3) is 0.368. The lowest BCUT2D eigenvalue weighted by Crippen LogP contribution is -2.38. The lowest BCUT2D eigenvalue weighted by molar-refractivity contribution is -0.132. The Morgan fingerprint density at radius 2 is 2.12 bits per heavy atom. The summed E-state index contributed by atoms with van der Waals surface area (Å²) in [4.78, 5) is 14.7. The second kappa shape index (κ2) is 6.37. The largest absolute Gasteiger partial charge is 0.390 e. The highest BCUT2D eigenvalue weighted by Gasteiger charge is 2.27. The summed E-state index contributed by atoms with van der Waals surface area (Å²) in [7, 11) is 0. The molecular formula is C19H22N4O2. The minimum atomic E-state index is -0.0837. The smallest absolute Gasteiger partial charge is 0.242 e. The Hall–Kier alpha value is -2.60. The Balaban J connectivity index is 1.55. The first-order valence-corrected chi connectivity index (χ1v) is 8.71. The van der Waals surface area contributed by atoms with Crippen molar-refractivity contribution in [2.75, 3.05) is 6.54 Å². The van der Waals surface area contributed by atoms with Gasteiger partial charge in [0.05, 0.1) is 12.3 Å². The van der Waals surface area contributed by atoms with Gasteiger partial charge < -0.3 is 14.6 Å². The maximum Gasteiger partial charge on any atom is 0.242 e. The molecule has 1 aliphatic heterocycles. The van der Waals surface area contributed by atoms with Crippen molar-refractivity contribution in [3.05, 3.63) is 53.5 Å². The number of amides is 1. The fourth-order valence-corrected chi connectivity index (χ4v) is 3.69. The van der Waals surface area contributed by atoms with Crippen LogP contribution in [0.3, 0.4) is 0 Å². The van der Waals surface area contributed by atoms with Gasteiger partial charge in [0.25, 0.3) is 0 Å². The number of carbonyl (C=O) groups excluding carboxylic acids is 1. The van der Waals surface area contributed by atoms with Crippen LogP contribution < -0.4 is 0 Å². The Morgan fingerprint density at radius 1 is 1.28 bits per heavy atom. The predicted molar refractivity (Wildman–Crippen MR) is 94.9 cm³/mol. The quantitative estimate of drug-likeness (QED) is 0.791. The molecule has 3 heterocycles. The van der Waals surface area contributed by atoms with Crippen LogP contribution in [-0.4, -0.2) is 36.8 Å². The van der Waals surface area contributed by atoms with Crippen molar-refractivity contribution in [2.45, 2.75) is 39.6 Å². The first kappa shape index (κ1) is 15.9. The molecule has 4 rings (SSSR count). The van der Waals surface area contributed by atoms with Gasteiger partial charge in [-0.05, 0) is 24.4 Å². The highest BCUT2D eigenvalue weighted by atomic mass is 16.3. The lowest BCUT2D eigenvalue weighted by Gasteiger charge is -2.28. The predicted octanol–water partition coefficient (Wildman–Crippen LogP) is 1.93. The third kappa shape index (κ3) is 2.72. The number of para-hydroxylation sites is 1. The first-order valence-electron chi connectivity index (χ1n) is 8.71. The zero-order valence-corrected chi connectivity index (χ0v) is 14.4. The van der Waals surface area contributed by atoms with Crippen LogP contribution in [0.2, 0.25) is 0 Å². The summed E-state index contributed by atoms with van der Waals surface area (Å²) in [5.74, 6) is 0.0974. The van der Waals surface area contributed by atoms with E-state index in [-0.39, 0.29) is 12.5 Å². The lowest BCUT2D eigenvalue weighted by atomic mass is 10.1. The average Bonchev–Trinajstić information content (AvgIpc) is 3.22. The van der Waals surface area contributed by atoms with E-state index < -0.39 is 0 Å². The number of carbonyl (C=O) groups is 1. The minimum absolute atomic E-state index is 0.0837. The van der Waals surface area contributed by atoms with E-state index in [4.69, 9.17) is 0 Å². The van der Waals surface area contributed by atoms with E-state index in [1.165, 1.54) is 0 Å². The Bertz CT molecular complexity index is 925. The molecular weight excluding hydrogens is 316 g/mol. The molecule has 130 valence electrons. The minimum Gasteiger partial charge on any atom is -0.390 e. The van der Waals surface area contributed by atoms with E-state index in [9.17, 15) is 9.90 Å². The summed E-state index contributed by atoms with van der Waals surface area (Å²) >= 11 is 0. The highest BCUT2D eigenvalue weighted by molar-refractivity contribution is 5.83. The van der Waals surface area contributed by atoms with Gasteiger partial charge in [0.2, 0.25) is 5.91 Å². The van der Waals surface area contributed by atoms with Gasteiger partial charge >= 0.3 is 0 Å². The third-order valence-corrected chi connectivity index (χ3v) is 5.01. The SMILES string of the molecule is CCn1nc(CO)c2c1CCN(C(=O)Cn1ccc3ccccc31)C2. The van der Waals surface area contributed by atoms with E-state index in [0.717, 1.165) is 35.1 Å². The van der Waals surface area contributed by atoms with Crippen molar-refractivity contribution in [2.24, 2.45) is 0 Å². The molecule has 1 aliphatic rings. The van der Waals surface area contributed by atoms with Crippen LogP contribution in [0.5, 0.6) is 0 Å². The molecule has 1 N–H and O–H groups in total. The van der Waals surface area contributed by atoms with Gasteiger partial charge in [-0.25, -0.2) is 0 Å². The number of aromatic nitrogens is 3. The molecule has 0 radical (unpaired) electrons. The van der Waals surface area contributed by atoms with Gasteiger partial charge in [0.15, 0.2) is 0 Å². The molecule has 0 spiro atoms. The molecule has 3 aromatic rings. The normalized spacial score (nSPS) is 14.1. The number of hydrogen-bond acceptors (Lipinski definition) is 3. The second-order valence-electron chi connectivity index (χ2n) is 6.41. The summed E-state index contributed by atoms with van der Waals surface area (Å²) in [6.45, 7) is 4.30. The Kier molecular flexibility index (Phi) is 4.05. The molecule has 6 nitrogen and oxygen atoms in total. The molecule has 6 heteroatoms. The van der Waals surface area contributed by atoms with Gasteiger partial charge in [-0.1, -0.05) is 18.2 Å². The van der Waals surface area contributed by atoms with Gasteiger partial charge in [-0.3, -0.25) is 9.48 Å². The van der Waals surface area contributed by atoms with Crippen molar-refractivity contribution in [3.63, 3.8) is 0 Å². The van der Waals surface area contributed by atoms with E-state index >= 15 is 0 Å². The standard InChI is InChI=1S/C19H22N4O2/c1-2-23-18-8-10-22(11-15(18)16(13-24)20-23)19(25)12-21-9-7-14-5-3-4-6-17(14)21/h3-7,9,24H,2,8,10-13H2,1H3. The van der Waals surface area contributed by atoms with Crippen LogP contribution >= 0.6 is 0 Å². The highest BCUT2D eigenvalue weighted by Crippen LogP contribution is 2.23. The maximum absolute atomic E-state index is 12.8. The molecule has 0 saturated heterocycles.